The van der Waals surface area contributed by atoms with Crippen LogP contribution in [0.2, 0.25) is 5.15 Å². The van der Waals surface area contributed by atoms with Crippen molar-refractivity contribution in [3.8, 4) is 0 Å². The van der Waals surface area contributed by atoms with E-state index in [9.17, 15) is 9.59 Å². The minimum absolute atomic E-state index is 0.0716. The molecule has 19 heavy (non-hydrogen) atoms. The van der Waals surface area contributed by atoms with Crippen LogP contribution in [0.5, 0.6) is 0 Å². The highest BCUT2D eigenvalue weighted by Gasteiger charge is 2.40. The van der Waals surface area contributed by atoms with E-state index in [1.54, 1.807) is 6.07 Å². The second kappa shape index (κ2) is 5.46. The quantitative estimate of drug-likeness (QED) is 0.821. The molecule has 5 nitrogen and oxygen atoms in total. The molecule has 1 aromatic heterocycles. The van der Waals surface area contributed by atoms with Crippen LogP contribution in [-0.2, 0) is 4.79 Å². The zero-order valence-electron chi connectivity index (χ0n) is 9.95. The van der Waals surface area contributed by atoms with Crippen molar-refractivity contribution in [2.75, 3.05) is 0 Å². The van der Waals surface area contributed by atoms with Crippen molar-refractivity contribution < 1.29 is 14.7 Å². The van der Waals surface area contributed by atoms with E-state index < -0.39 is 11.5 Å². The molecule has 1 aromatic rings. The van der Waals surface area contributed by atoms with Crippen LogP contribution in [-0.4, -0.2) is 27.5 Å². The number of rotatable bonds is 4. The maximum atomic E-state index is 12.2. The largest absolute Gasteiger partial charge is 0.481 e. The van der Waals surface area contributed by atoms with Crippen LogP contribution in [0.1, 0.15) is 36.0 Å². The van der Waals surface area contributed by atoms with E-state index in [4.69, 9.17) is 16.7 Å². The number of hydrogen-bond donors (Lipinski definition) is 2. The Morgan fingerprint density at radius 2 is 2.21 bits per heavy atom. The number of carbonyl (C=O) groups excluding carboxylic acids is 1. The molecule has 1 amide bonds. The SMILES string of the molecule is O=C(O)CC1(NC(=O)c2cc(Br)cnc2Cl)CCC1. The Bertz CT molecular complexity index is 532. The number of carbonyl (C=O) groups is 2. The van der Waals surface area contributed by atoms with Crippen molar-refractivity contribution in [3.63, 3.8) is 0 Å². The van der Waals surface area contributed by atoms with Gasteiger partial charge in [0.25, 0.3) is 5.91 Å². The van der Waals surface area contributed by atoms with Crippen LogP contribution < -0.4 is 5.32 Å². The highest BCUT2D eigenvalue weighted by Crippen LogP contribution is 2.35. The fourth-order valence-electron chi connectivity index (χ4n) is 2.13. The Kier molecular flexibility index (Phi) is 4.10. The number of amides is 1. The van der Waals surface area contributed by atoms with Crippen LogP contribution in [0.4, 0.5) is 0 Å². The van der Waals surface area contributed by atoms with Gasteiger partial charge in [0.15, 0.2) is 0 Å². The van der Waals surface area contributed by atoms with Gasteiger partial charge in [0.1, 0.15) is 5.15 Å². The molecule has 7 heteroatoms. The molecule has 1 saturated carbocycles. The van der Waals surface area contributed by atoms with Gasteiger partial charge in [-0.2, -0.15) is 0 Å². The molecule has 1 aliphatic carbocycles. The van der Waals surface area contributed by atoms with Crippen molar-refractivity contribution in [1.29, 1.82) is 0 Å². The third-order valence-corrected chi connectivity index (χ3v) is 3.96. The molecule has 0 bridgehead atoms. The molecule has 1 heterocycles. The van der Waals surface area contributed by atoms with Crippen LogP contribution in [0.15, 0.2) is 16.7 Å². The molecule has 0 aromatic carbocycles. The first-order valence-electron chi connectivity index (χ1n) is 5.77. The number of nitrogens with one attached hydrogen (secondary N) is 1. The molecule has 0 atom stereocenters. The molecule has 102 valence electrons. The van der Waals surface area contributed by atoms with E-state index in [2.05, 4.69) is 26.2 Å². The summed E-state index contributed by atoms with van der Waals surface area (Å²) in [6.45, 7) is 0. The summed E-state index contributed by atoms with van der Waals surface area (Å²) in [4.78, 5) is 26.9. The van der Waals surface area contributed by atoms with Crippen LogP contribution in [0, 0.1) is 0 Å². The maximum absolute atomic E-state index is 12.2. The topological polar surface area (TPSA) is 79.3 Å². The van der Waals surface area contributed by atoms with Crippen LogP contribution in [0.3, 0.4) is 0 Å². The first kappa shape index (κ1) is 14.3. The fraction of sp³-hybridized carbons (Fsp3) is 0.417. The Balaban J connectivity index is 2.16. The second-order valence-electron chi connectivity index (χ2n) is 4.65. The van der Waals surface area contributed by atoms with Gasteiger partial charge in [0, 0.05) is 10.7 Å². The maximum Gasteiger partial charge on any atom is 0.305 e. The number of hydrogen-bond acceptors (Lipinski definition) is 3. The highest BCUT2D eigenvalue weighted by atomic mass is 79.9. The Morgan fingerprint density at radius 1 is 1.53 bits per heavy atom. The van der Waals surface area contributed by atoms with Crippen molar-refractivity contribution in [3.05, 3.63) is 27.5 Å². The molecule has 2 rings (SSSR count). The smallest absolute Gasteiger partial charge is 0.305 e. The molecular weight excluding hydrogens is 336 g/mol. The minimum atomic E-state index is -0.918. The van der Waals surface area contributed by atoms with E-state index in [0.717, 1.165) is 6.42 Å². The van der Waals surface area contributed by atoms with Crippen molar-refractivity contribution in [2.24, 2.45) is 0 Å². The van der Waals surface area contributed by atoms with Crippen LogP contribution >= 0.6 is 27.5 Å². The molecule has 2 N–H and O–H groups in total. The first-order chi connectivity index (χ1) is 8.92. The number of carboxylic acid groups (broad SMARTS) is 1. The minimum Gasteiger partial charge on any atom is -0.481 e. The summed E-state index contributed by atoms with van der Waals surface area (Å²) in [5, 5.41) is 11.8. The third-order valence-electron chi connectivity index (χ3n) is 3.23. The standard InChI is InChI=1S/C12H12BrClN2O3/c13-7-4-8(10(14)15-6-7)11(19)16-12(2-1-3-12)5-9(17)18/h4,6H,1-3,5H2,(H,16,19)(H,17,18). The normalized spacial score (nSPS) is 16.5. The molecule has 1 aliphatic rings. The lowest BCUT2D eigenvalue weighted by Gasteiger charge is -2.41. The summed E-state index contributed by atoms with van der Waals surface area (Å²) < 4.78 is 0.642. The number of aliphatic carboxylic acids is 1. The molecule has 0 radical (unpaired) electrons. The van der Waals surface area contributed by atoms with Gasteiger partial charge in [-0.15, -0.1) is 0 Å². The summed E-state index contributed by atoms with van der Waals surface area (Å²) in [6, 6.07) is 1.57. The predicted octanol–water partition coefficient (Wildman–Crippen LogP) is 2.62. The predicted molar refractivity (Wildman–Crippen MR) is 73.2 cm³/mol. The fourth-order valence-corrected chi connectivity index (χ4v) is 2.65. The van der Waals surface area contributed by atoms with Crippen molar-refractivity contribution >= 4 is 39.4 Å². The summed E-state index contributed by atoms with van der Waals surface area (Å²) >= 11 is 9.10. The number of halogens is 2. The van der Waals surface area contributed by atoms with Gasteiger partial charge >= 0.3 is 5.97 Å². The zero-order chi connectivity index (χ0) is 14.0. The van der Waals surface area contributed by atoms with Gasteiger partial charge in [-0.3, -0.25) is 9.59 Å². The van der Waals surface area contributed by atoms with Gasteiger partial charge in [0.05, 0.1) is 17.5 Å². The molecule has 0 spiro atoms. The third kappa shape index (κ3) is 3.25. The number of pyridine rings is 1. The molecule has 1 fully saturated rings. The van der Waals surface area contributed by atoms with Crippen LogP contribution in [0.25, 0.3) is 0 Å². The van der Waals surface area contributed by atoms with Gasteiger partial charge in [-0.05, 0) is 41.3 Å². The number of aromatic nitrogens is 1. The van der Waals surface area contributed by atoms with Crippen molar-refractivity contribution in [1.82, 2.24) is 10.3 Å². The van der Waals surface area contributed by atoms with E-state index in [1.165, 1.54) is 6.20 Å². The Morgan fingerprint density at radius 3 is 2.74 bits per heavy atom. The molecule has 0 aliphatic heterocycles. The lowest BCUT2D eigenvalue weighted by atomic mass is 9.74. The van der Waals surface area contributed by atoms with E-state index >= 15 is 0 Å². The summed E-state index contributed by atoms with van der Waals surface area (Å²) in [5.74, 6) is -1.31. The molecule has 0 unspecified atom stereocenters. The summed E-state index contributed by atoms with van der Waals surface area (Å²) in [7, 11) is 0. The van der Waals surface area contributed by atoms with E-state index in [-0.39, 0.29) is 23.0 Å². The monoisotopic (exact) mass is 346 g/mol. The van der Waals surface area contributed by atoms with Gasteiger partial charge in [0.2, 0.25) is 0 Å². The Hall–Kier alpha value is -1.14. The molecular formula is C12H12BrClN2O3. The van der Waals surface area contributed by atoms with E-state index in [0.29, 0.717) is 17.3 Å². The molecule has 0 saturated heterocycles. The Labute approximate surface area is 123 Å². The van der Waals surface area contributed by atoms with Crippen molar-refractivity contribution in [2.45, 2.75) is 31.2 Å². The van der Waals surface area contributed by atoms with Gasteiger partial charge in [-0.25, -0.2) is 4.98 Å². The van der Waals surface area contributed by atoms with Gasteiger partial charge < -0.3 is 10.4 Å². The summed E-state index contributed by atoms with van der Waals surface area (Å²) in [5.41, 5.74) is -0.401. The number of nitrogens with zero attached hydrogens (tertiary/aromatic N) is 1. The average molecular weight is 348 g/mol. The second-order valence-corrected chi connectivity index (χ2v) is 5.92. The zero-order valence-corrected chi connectivity index (χ0v) is 12.3. The lowest BCUT2D eigenvalue weighted by Crippen LogP contribution is -2.54. The average Bonchev–Trinajstić information content (AvgIpc) is 2.28. The van der Waals surface area contributed by atoms with Gasteiger partial charge in [-0.1, -0.05) is 11.6 Å². The highest BCUT2D eigenvalue weighted by molar-refractivity contribution is 9.10. The number of carboxylic acids is 1. The van der Waals surface area contributed by atoms with E-state index in [1.807, 2.05) is 0 Å². The first-order valence-corrected chi connectivity index (χ1v) is 6.94. The summed E-state index contributed by atoms with van der Waals surface area (Å²) in [6.07, 6.45) is 3.68. The lowest BCUT2D eigenvalue weighted by molar-refractivity contribution is -0.139.